The van der Waals surface area contributed by atoms with Crippen LogP contribution < -0.4 is 99.7 Å². The number of benzene rings is 14. The smallest absolute Gasteiger partial charge is 0.256 e. The van der Waals surface area contributed by atoms with E-state index < -0.39 is 337 Å². The molecule has 8 aliphatic heterocycles. The number of fused-ring (bicyclic) bond motifs is 18. The molecule has 436 valence electrons. The molecule has 0 N–H and O–H groups in total. The van der Waals surface area contributed by atoms with Crippen LogP contribution in [0.5, 0.6) is 11.5 Å². The largest absolute Gasteiger partial charge is 0.458 e. The Morgan fingerprint density at radius 1 is 0.221 bits per heavy atom. The molecule has 14 aromatic carbocycles. The second kappa shape index (κ2) is 19.3. The molecule has 0 radical (unpaired) electrons. The van der Waals surface area contributed by atoms with Gasteiger partial charge in [-0.15, -0.1) is 0 Å². The van der Waals surface area contributed by atoms with Crippen LogP contribution in [0.4, 0.5) is 102 Å². The molecule has 0 atom stereocenters. The summed E-state index contributed by atoms with van der Waals surface area (Å²) in [4.78, 5) is 6.88. The fourth-order valence-electron chi connectivity index (χ4n) is 15.7. The van der Waals surface area contributed by atoms with Crippen molar-refractivity contribution in [2.75, 3.05) is 29.4 Å². The lowest BCUT2D eigenvalue weighted by atomic mass is 9.27. The maximum absolute atomic E-state index is 10.5. The number of rotatable bonds is 5. The van der Waals surface area contributed by atoms with E-state index in [9.17, 15) is 43.9 Å². The van der Waals surface area contributed by atoms with Gasteiger partial charge in [0.15, 0.2) is 0 Å². The molecule has 95 heavy (non-hydrogen) atoms. The van der Waals surface area contributed by atoms with E-state index >= 15 is 0 Å². The van der Waals surface area contributed by atoms with Gasteiger partial charge in [-0.05, 0) is 180 Å². The van der Waals surface area contributed by atoms with Crippen molar-refractivity contribution in [1.29, 1.82) is 0 Å². The fourth-order valence-corrected chi connectivity index (χ4v) is 15.7. The molecule has 0 bridgehead atoms. The molecule has 0 aromatic heterocycles. The Bertz CT molecular complexity index is 8070. The highest BCUT2D eigenvalue weighted by molar-refractivity contribution is 7.06. The van der Waals surface area contributed by atoms with E-state index in [4.69, 9.17) is 17.1 Å². The van der Waals surface area contributed by atoms with Crippen molar-refractivity contribution < 1.29 is 60.9 Å². The lowest BCUT2D eigenvalue weighted by Gasteiger charge is -2.50. The van der Waals surface area contributed by atoms with Crippen LogP contribution in [-0.4, -0.2) is 26.9 Å². The van der Waals surface area contributed by atoms with Gasteiger partial charge in [-0.2, -0.15) is 0 Å². The highest BCUT2D eigenvalue weighted by Crippen LogP contribution is 2.52. The Balaban J connectivity index is 0.912. The number of ether oxygens (including phenoxy) is 1. The molecule has 0 unspecified atom stereocenters. The summed E-state index contributed by atoms with van der Waals surface area (Å²) in [7, 11) is 0. The van der Waals surface area contributed by atoms with Gasteiger partial charge < -0.3 is 34.1 Å². The third-order valence-corrected chi connectivity index (χ3v) is 18.9. The van der Waals surface area contributed by atoms with E-state index in [1.54, 1.807) is 0 Å². The van der Waals surface area contributed by atoms with Crippen molar-refractivity contribution in [3.05, 3.63) is 314 Å². The molecule has 11 heteroatoms. The minimum absolute atomic E-state index is 0.0497. The molecule has 8 heterocycles. The van der Waals surface area contributed by atoms with Crippen LogP contribution in [0.2, 0.25) is 0 Å². The second-order valence-electron chi connectivity index (χ2n) is 23.2. The van der Waals surface area contributed by atoms with E-state index in [2.05, 4.69) is 0 Å². The SMILES string of the molecule is [2H]c1c([2H])c([2H])c(N2c3cc4c(cc3B3c5c2cccc5N(c2c([2H])c([2H])c([2H])c([2H])c2[2H])c2c([2H])c([2H])c([2H])c([2H])c23)B2c3c([2H])c([2H])c([2H])c([2H])c3N3c5c([2H])c([2H])c([2H])c([2H])c5B5c6cc7c(cc6N(c6c([2H])c([2H])c([2H])c([2H])c6[2H])c6cc(c2c3c65)O4)N(c2c([2H])c([2H])c([2H])c([2H])c2[2H])c2cccc3c2B7c2c([2H])c([2H])c([2H])c([2H])c2N3c2c([2H])c([2H])c([2H])c([2H])c2[2H])c([2H])c1[2H]. The highest BCUT2D eigenvalue weighted by atomic mass is 16.5. The molecular formula is C84H52B4N6O. The summed E-state index contributed by atoms with van der Waals surface area (Å²) in [5, 5.41) is 0. The molecule has 0 amide bonds. The maximum atomic E-state index is 10.5. The van der Waals surface area contributed by atoms with Gasteiger partial charge in [0.05, 0.1) is 56.2 Å². The molecule has 0 aliphatic carbocycles. The van der Waals surface area contributed by atoms with Gasteiger partial charge in [0.1, 0.15) is 11.5 Å². The van der Waals surface area contributed by atoms with Crippen LogP contribution in [0.15, 0.2) is 314 Å². The van der Waals surface area contributed by atoms with Crippen molar-refractivity contribution >= 4 is 195 Å². The minimum atomic E-state index is -1.85. The molecule has 0 saturated heterocycles. The predicted molar refractivity (Wildman–Crippen MR) is 400 cm³/mol. The van der Waals surface area contributed by atoms with E-state index in [1.165, 1.54) is 86.3 Å². The summed E-state index contributed by atoms with van der Waals surface area (Å²) in [5.41, 5.74) is -9.89. The zero-order valence-electron chi connectivity index (χ0n) is 89.3. The summed E-state index contributed by atoms with van der Waals surface area (Å²) in [6.45, 7) is -6.98. The monoisotopic (exact) mass is 1250 g/mol. The van der Waals surface area contributed by atoms with Crippen LogP contribution in [0, 0.1) is 0 Å². The number of nitrogens with zero attached hydrogens (tertiary/aromatic N) is 6. The van der Waals surface area contributed by atoms with E-state index in [0.29, 0.717) is 0 Å². The van der Waals surface area contributed by atoms with Gasteiger partial charge in [-0.1, -0.05) is 187 Å². The first-order valence-electron chi connectivity index (χ1n) is 50.3. The quantitative estimate of drug-likeness (QED) is 0.159. The Morgan fingerprint density at radius 3 is 0.916 bits per heavy atom. The summed E-state index contributed by atoms with van der Waals surface area (Å²) in [6.07, 6.45) is 0. The molecule has 0 fully saturated rings. The maximum Gasteiger partial charge on any atom is 0.256 e. The van der Waals surface area contributed by atoms with Crippen LogP contribution in [-0.2, 0) is 0 Å². The van der Waals surface area contributed by atoms with Crippen molar-refractivity contribution in [3.8, 4) is 11.5 Å². The molecular weight excluding hydrogens is 1150 g/mol. The Kier molecular flexibility index (Phi) is 5.37. The summed E-state index contributed by atoms with van der Waals surface area (Å²) in [5.74, 6) is -0.689. The standard InChI is InChI=1S/C84H52B4N6O/c1-6-26-53(27-7-1)89-66-40-20-16-36-58(66)85-62-48-63-75(50-74(62)91(55-30-10-3-11-31-55)72-46-24-44-70(89)80(72)85)93(57-34-14-5-15-35-57)77-52-79-83-84-82(77)87(63)60-38-18-22-42-68(60)94(84)69-43-23-19-39-61(69)88(83)65-49-64-76(51-78(65)95-79)92(56-32-12-4-13-33-56)73-47-25-45-71-81(73)86(64)59-37-17-21-41-67(59)90(71)54-28-8-2-9-29-54/h1-52H/i1D,2D,3D,4D,5D,6D,7D,8D,9D,10D,11D,12D,13D,14D,15D,16D,17D,18D,19D,20D,21D,22D,23D,26D,27D,28D,29D,30D,31D,32D,33D,34D,35D,36D,37D,38D,39D,40D,41D,42D,43D. The molecule has 0 spiro atoms. The normalized spacial score (nSPS) is 20.4. The lowest BCUT2D eigenvalue weighted by Crippen LogP contribution is -2.69. The number of hydrogen-bond donors (Lipinski definition) is 0. The van der Waals surface area contributed by atoms with Gasteiger partial charge in [-0.3, -0.25) is 0 Å². The van der Waals surface area contributed by atoms with Gasteiger partial charge in [0, 0.05) is 115 Å². The first kappa shape index (κ1) is 26.5. The Morgan fingerprint density at radius 2 is 0.516 bits per heavy atom. The van der Waals surface area contributed by atoms with Gasteiger partial charge in [0.2, 0.25) is 0 Å². The molecule has 0 saturated carbocycles. The van der Waals surface area contributed by atoms with Gasteiger partial charge in [0.25, 0.3) is 26.9 Å². The van der Waals surface area contributed by atoms with Crippen LogP contribution in [0.3, 0.4) is 0 Å². The average molecular weight is 1250 g/mol. The molecule has 7 nitrogen and oxygen atoms in total. The minimum Gasteiger partial charge on any atom is -0.458 e. The van der Waals surface area contributed by atoms with Gasteiger partial charge in [-0.25, -0.2) is 0 Å². The lowest BCUT2D eigenvalue weighted by molar-refractivity contribution is 0.488. The van der Waals surface area contributed by atoms with E-state index in [-0.39, 0.29) is 117 Å². The van der Waals surface area contributed by atoms with Crippen LogP contribution in [0.25, 0.3) is 0 Å². The van der Waals surface area contributed by atoms with Crippen LogP contribution >= 0.6 is 0 Å². The summed E-state index contributed by atoms with van der Waals surface area (Å²) in [6, 6.07) is -21.0. The Hall–Kier alpha value is -12.1. The third-order valence-electron chi connectivity index (χ3n) is 18.9. The van der Waals surface area contributed by atoms with Crippen molar-refractivity contribution in [3.63, 3.8) is 0 Å². The van der Waals surface area contributed by atoms with Crippen LogP contribution in [0.1, 0.15) is 56.2 Å². The first-order chi connectivity index (χ1) is 64.2. The molecule has 22 rings (SSSR count). The zero-order chi connectivity index (χ0) is 97.4. The fraction of sp³-hybridized carbons (Fsp3) is 0. The summed E-state index contributed by atoms with van der Waals surface area (Å²) >= 11 is 0. The summed E-state index contributed by atoms with van der Waals surface area (Å²) < 4.78 is 401. The second-order valence-corrected chi connectivity index (χ2v) is 23.2. The molecule has 8 aliphatic rings. The van der Waals surface area contributed by atoms with Crippen molar-refractivity contribution in [2.45, 2.75) is 0 Å². The third kappa shape index (κ3) is 6.88. The average Bonchev–Trinajstić information content (AvgIpc) is 0.655. The first-order valence-corrected chi connectivity index (χ1v) is 29.8. The van der Waals surface area contributed by atoms with E-state index in [1.807, 2.05) is 0 Å². The topological polar surface area (TPSA) is 28.7 Å². The number of para-hydroxylation sites is 9. The van der Waals surface area contributed by atoms with Crippen molar-refractivity contribution in [2.24, 2.45) is 0 Å². The van der Waals surface area contributed by atoms with Gasteiger partial charge >= 0.3 is 0 Å². The number of anilines is 18. The Labute approximate surface area is 610 Å². The van der Waals surface area contributed by atoms with Crippen molar-refractivity contribution in [1.82, 2.24) is 0 Å². The highest BCUT2D eigenvalue weighted by Gasteiger charge is 2.54. The van der Waals surface area contributed by atoms with E-state index in [0.717, 1.165) is 9.80 Å². The number of hydrogen-bond acceptors (Lipinski definition) is 7. The zero-order valence-corrected chi connectivity index (χ0v) is 48.3. The molecule has 14 aromatic rings. The predicted octanol–water partition coefficient (Wildman–Crippen LogP) is 12.9.